The Kier molecular flexibility index (Phi) is 5.25. The molecule has 2 aromatic carbocycles. The number of halogens is 3. The van der Waals surface area contributed by atoms with Gasteiger partial charge in [-0.2, -0.15) is 0 Å². The summed E-state index contributed by atoms with van der Waals surface area (Å²) in [6.07, 6.45) is 0. The molecule has 0 aliphatic carbocycles. The maximum atomic E-state index is 14.2. The standard InChI is InChI=1S/C16H16BrClFNO/c1-9-7-14(21-3)10(8-11(9)17)16(20-2)15-12(18)5-4-6-13(15)19/h4-8,16,20H,1-3H3. The minimum Gasteiger partial charge on any atom is -0.496 e. The Bertz CT molecular complexity index is 643. The monoisotopic (exact) mass is 371 g/mol. The molecule has 2 aromatic rings. The first kappa shape index (κ1) is 16.3. The van der Waals surface area contributed by atoms with Crippen molar-refractivity contribution in [3.05, 3.63) is 62.3 Å². The van der Waals surface area contributed by atoms with E-state index in [9.17, 15) is 4.39 Å². The van der Waals surface area contributed by atoms with E-state index in [2.05, 4.69) is 21.2 Å². The van der Waals surface area contributed by atoms with E-state index in [0.29, 0.717) is 16.3 Å². The maximum Gasteiger partial charge on any atom is 0.129 e. The number of benzene rings is 2. The van der Waals surface area contributed by atoms with Crippen molar-refractivity contribution in [2.45, 2.75) is 13.0 Å². The Morgan fingerprint density at radius 1 is 1.33 bits per heavy atom. The van der Waals surface area contributed by atoms with Crippen molar-refractivity contribution in [2.24, 2.45) is 0 Å². The molecule has 21 heavy (non-hydrogen) atoms. The van der Waals surface area contributed by atoms with Crippen LogP contribution in [0.4, 0.5) is 4.39 Å². The number of hydrogen-bond donors (Lipinski definition) is 1. The van der Waals surface area contributed by atoms with Gasteiger partial charge in [0, 0.05) is 20.6 Å². The largest absolute Gasteiger partial charge is 0.496 e. The van der Waals surface area contributed by atoms with Gasteiger partial charge in [0.1, 0.15) is 11.6 Å². The topological polar surface area (TPSA) is 21.3 Å². The second kappa shape index (κ2) is 6.77. The molecule has 0 radical (unpaired) electrons. The van der Waals surface area contributed by atoms with Crippen LogP contribution in [0, 0.1) is 12.7 Å². The predicted octanol–water partition coefficient (Wildman–Crippen LogP) is 4.87. The summed E-state index contributed by atoms with van der Waals surface area (Å²) in [6, 6.07) is 8.12. The molecule has 2 nitrogen and oxygen atoms in total. The van der Waals surface area contributed by atoms with Crippen molar-refractivity contribution < 1.29 is 9.13 Å². The highest BCUT2D eigenvalue weighted by Gasteiger charge is 2.23. The molecule has 1 N–H and O–H groups in total. The lowest BCUT2D eigenvalue weighted by Gasteiger charge is -2.22. The summed E-state index contributed by atoms with van der Waals surface area (Å²) >= 11 is 9.69. The van der Waals surface area contributed by atoms with Crippen LogP contribution in [0.2, 0.25) is 5.02 Å². The fourth-order valence-electron chi connectivity index (χ4n) is 2.31. The molecule has 1 unspecified atom stereocenters. The number of nitrogens with one attached hydrogen (secondary N) is 1. The molecule has 0 heterocycles. The second-order valence-electron chi connectivity index (χ2n) is 4.70. The number of aryl methyl sites for hydroxylation is 1. The zero-order valence-corrected chi connectivity index (χ0v) is 14.3. The molecule has 2 rings (SSSR count). The average Bonchev–Trinajstić information content (AvgIpc) is 2.46. The van der Waals surface area contributed by atoms with Gasteiger partial charge in [-0.3, -0.25) is 0 Å². The van der Waals surface area contributed by atoms with Gasteiger partial charge in [-0.15, -0.1) is 0 Å². The summed E-state index contributed by atoms with van der Waals surface area (Å²) in [5.74, 6) is 0.343. The Hall–Kier alpha value is -1.10. The fraction of sp³-hybridized carbons (Fsp3) is 0.250. The van der Waals surface area contributed by atoms with Crippen LogP contribution in [0.1, 0.15) is 22.7 Å². The third kappa shape index (κ3) is 3.23. The highest BCUT2D eigenvalue weighted by molar-refractivity contribution is 9.10. The molecule has 0 saturated heterocycles. The first-order valence-corrected chi connectivity index (χ1v) is 7.62. The van der Waals surface area contributed by atoms with Gasteiger partial charge in [-0.25, -0.2) is 4.39 Å². The van der Waals surface area contributed by atoms with Gasteiger partial charge < -0.3 is 10.1 Å². The molecular weight excluding hydrogens is 357 g/mol. The number of rotatable bonds is 4. The third-order valence-corrected chi connectivity index (χ3v) is 4.58. The Morgan fingerprint density at radius 3 is 2.62 bits per heavy atom. The van der Waals surface area contributed by atoms with E-state index in [4.69, 9.17) is 16.3 Å². The SMILES string of the molecule is CNC(c1cc(Br)c(C)cc1OC)c1c(F)cccc1Cl. The van der Waals surface area contributed by atoms with E-state index < -0.39 is 6.04 Å². The van der Waals surface area contributed by atoms with E-state index in [1.807, 2.05) is 19.1 Å². The molecule has 0 saturated carbocycles. The highest BCUT2D eigenvalue weighted by atomic mass is 79.9. The van der Waals surface area contributed by atoms with E-state index in [1.165, 1.54) is 6.07 Å². The van der Waals surface area contributed by atoms with Crippen molar-refractivity contribution in [1.29, 1.82) is 0 Å². The molecule has 112 valence electrons. The van der Waals surface area contributed by atoms with Crippen molar-refractivity contribution >= 4 is 27.5 Å². The highest BCUT2D eigenvalue weighted by Crippen LogP contribution is 2.37. The number of methoxy groups -OCH3 is 1. The molecule has 0 aliphatic rings. The predicted molar refractivity (Wildman–Crippen MR) is 87.7 cm³/mol. The summed E-state index contributed by atoms with van der Waals surface area (Å²) in [5, 5.41) is 3.49. The van der Waals surface area contributed by atoms with Gasteiger partial charge in [0.05, 0.1) is 13.2 Å². The van der Waals surface area contributed by atoms with Crippen LogP contribution in [0.15, 0.2) is 34.8 Å². The van der Waals surface area contributed by atoms with E-state index in [-0.39, 0.29) is 5.82 Å². The number of ether oxygens (including phenoxy) is 1. The molecule has 0 fully saturated rings. The molecule has 0 spiro atoms. The van der Waals surface area contributed by atoms with Crippen LogP contribution in [-0.4, -0.2) is 14.2 Å². The molecule has 1 atom stereocenters. The first-order chi connectivity index (χ1) is 9.99. The van der Waals surface area contributed by atoms with Crippen LogP contribution < -0.4 is 10.1 Å². The van der Waals surface area contributed by atoms with E-state index in [1.54, 1.807) is 26.3 Å². The maximum absolute atomic E-state index is 14.2. The van der Waals surface area contributed by atoms with Crippen molar-refractivity contribution in [2.75, 3.05) is 14.2 Å². The van der Waals surface area contributed by atoms with Crippen LogP contribution in [-0.2, 0) is 0 Å². The zero-order valence-electron chi connectivity index (χ0n) is 12.0. The lowest BCUT2D eigenvalue weighted by Crippen LogP contribution is -2.20. The average molecular weight is 373 g/mol. The molecule has 5 heteroatoms. The zero-order chi connectivity index (χ0) is 15.6. The van der Waals surface area contributed by atoms with Gasteiger partial charge in [-0.05, 0) is 43.8 Å². The number of hydrogen-bond acceptors (Lipinski definition) is 2. The van der Waals surface area contributed by atoms with Gasteiger partial charge in [0.2, 0.25) is 0 Å². The van der Waals surface area contributed by atoms with Gasteiger partial charge in [0.15, 0.2) is 0 Å². The summed E-state index contributed by atoms with van der Waals surface area (Å²) in [7, 11) is 3.36. The van der Waals surface area contributed by atoms with Crippen LogP contribution >= 0.6 is 27.5 Å². The Balaban J connectivity index is 2.64. The summed E-state index contributed by atoms with van der Waals surface area (Å²) in [4.78, 5) is 0. The first-order valence-electron chi connectivity index (χ1n) is 6.44. The summed E-state index contributed by atoms with van der Waals surface area (Å²) < 4.78 is 20.6. The third-order valence-electron chi connectivity index (χ3n) is 3.40. The summed E-state index contributed by atoms with van der Waals surface area (Å²) in [5.41, 5.74) is 2.28. The molecule has 0 aliphatic heterocycles. The van der Waals surface area contributed by atoms with Crippen molar-refractivity contribution in [1.82, 2.24) is 5.32 Å². The van der Waals surface area contributed by atoms with Crippen molar-refractivity contribution in [3.8, 4) is 5.75 Å². The lowest BCUT2D eigenvalue weighted by molar-refractivity contribution is 0.404. The second-order valence-corrected chi connectivity index (χ2v) is 5.96. The molecule has 0 amide bonds. The fourth-order valence-corrected chi connectivity index (χ4v) is 2.95. The Morgan fingerprint density at radius 2 is 2.05 bits per heavy atom. The van der Waals surface area contributed by atoms with Crippen molar-refractivity contribution in [3.63, 3.8) is 0 Å². The quantitative estimate of drug-likeness (QED) is 0.827. The smallest absolute Gasteiger partial charge is 0.129 e. The minimum absolute atomic E-state index is 0.347. The van der Waals surface area contributed by atoms with E-state index >= 15 is 0 Å². The van der Waals surface area contributed by atoms with Gasteiger partial charge in [-0.1, -0.05) is 33.6 Å². The lowest BCUT2D eigenvalue weighted by atomic mass is 9.96. The molecule has 0 aromatic heterocycles. The normalized spacial score (nSPS) is 12.3. The van der Waals surface area contributed by atoms with Gasteiger partial charge in [0.25, 0.3) is 0 Å². The van der Waals surface area contributed by atoms with Crippen LogP contribution in [0.3, 0.4) is 0 Å². The van der Waals surface area contributed by atoms with E-state index in [0.717, 1.165) is 15.6 Å². The molecular formula is C16H16BrClFNO. The summed E-state index contributed by atoms with van der Waals surface area (Å²) in [6.45, 7) is 1.97. The minimum atomic E-state index is -0.398. The van der Waals surface area contributed by atoms with Crippen LogP contribution in [0.5, 0.6) is 5.75 Å². The van der Waals surface area contributed by atoms with Crippen LogP contribution in [0.25, 0.3) is 0 Å². The Labute approximate surface area is 137 Å². The van der Waals surface area contributed by atoms with Gasteiger partial charge >= 0.3 is 0 Å². The molecule has 0 bridgehead atoms.